The van der Waals surface area contributed by atoms with Crippen molar-refractivity contribution in [3.05, 3.63) is 59.4 Å². The molecule has 7 nitrogen and oxygen atoms in total. The van der Waals surface area contributed by atoms with Gasteiger partial charge in [-0.25, -0.2) is 4.39 Å². The topological polar surface area (TPSA) is 108 Å². The zero-order valence-corrected chi connectivity index (χ0v) is 20.4. The van der Waals surface area contributed by atoms with E-state index in [4.69, 9.17) is 14.2 Å². The Labute approximate surface area is 205 Å². The van der Waals surface area contributed by atoms with Crippen LogP contribution in [0.1, 0.15) is 43.7 Å². The van der Waals surface area contributed by atoms with Crippen molar-refractivity contribution in [2.75, 3.05) is 33.5 Å². The molecule has 0 bridgehead atoms. The van der Waals surface area contributed by atoms with Crippen LogP contribution in [-0.2, 0) is 14.3 Å². The molecule has 192 valence electrons. The quantitative estimate of drug-likeness (QED) is 0.370. The number of carboxylic acids is 1. The van der Waals surface area contributed by atoms with E-state index < -0.39 is 24.6 Å². The van der Waals surface area contributed by atoms with Gasteiger partial charge in [-0.3, -0.25) is 0 Å². The number of ether oxygens (including phenoxy) is 3. The average Bonchev–Trinajstić information content (AvgIpc) is 2.79. The van der Waals surface area contributed by atoms with Crippen LogP contribution in [0.2, 0.25) is 0 Å². The van der Waals surface area contributed by atoms with Gasteiger partial charge < -0.3 is 34.3 Å². The maximum atomic E-state index is 13.6. The molecule has 0 saturated heterocycles. The molecule has 2 N–H and O–H groups in total. The fourth-order valence-corrected chi connectivity index (χ4v) is 3.57. The number of benzene rings is 2. The van der Waals surface area contributed by atoms with Crippen LogP contribution in [0.3, 0.4) is 0 Å². The monoisotopic (exact) mass is 489 g/mol. The Morgan fingerprint density at radius 3 is 2.40 bits per heavy atom. The highest BCUT2D eigenvalue weighted by atomic mass is 19.1. The number of halogens is 1. The smallest absolute Gasteiger partial charge is 0.123 e. The van der Waals surface area contributed by atoms with E-state index >= 15 is 0 Å². The van der Waals surface area contributed by atoms with Crippen LogP contribution in [-0.4, -0.2) is 61.9 Å². The molecular formula is C27H34FO7-. The van der Waals surface area contributed by atoms with Gasteiger partial charge in [-0.1, -0.05) is 38.1 Å². The van der Waals surface area contributed by atoms with Gasteiger partial charge in [0, 0.05) is 25.9 Å². The molecule has 0 aliphatic rings. The summed E-state index contributed by atoms with van der Waals surface area (Å²) in [4.78, 5) is 10.7. The summed E-state index contributed by atoms with van der Waals surface area (Å²) in [5, 5.41) is 30.8. The highest BCUT2D eigenvalue weighted by Crippen LogP contribution is 2.36. The highest BCUT2D eigenvalue weighted by Gasteiger charge is 2.16. The number of rotatable bonds is 15. The number of carbonyl (C=O) groups is 1. The predicted molar refractivity (Wildman–Crippen MR) is 129 cm³/mol. The molecule has 2 aromatic rings. The van der Waals surface area contributed by atoms with E-state index in [1.54, 1.807) is 25.3 Å². The minimum absolute atomic E-state index is 0.0937. The Hall–Kier alpha value is -2.78. The standard InChI is InChI=1S/C27H35FO7/c1-18(2)25-16-23(35-13-12-34-11-10-33-3)17-26(19-4-6-20(28)7-5-19)24(25)9-8-21(29)14-22(30)15-27(31)32/h4-9,16-18,21-22,29-30H,10-15H2,1-3H3,(H,31,32)/p-1/b9-8+. The number of aliphatic carboxylic acids is 1. The van der Waals surface area contributed by atoms with E-state index in [0.717, 1.165) is 22.3 Å². The van der Waals surface area contributed by atoms with Crippen molar-refractivity contribution >= 4 is 12.0 Å². The van der Waals surface area contributed by atoms with E-state index in [1.807, 2.05) is 26.0 Å². The Balaban J connectivity index is 2.35. The Bertz CT molecular complexity index is 957. The molecule has 0 aliphatic carbocycles. The van der Waals surface area contributed by atoms with Crippen molar-refractivity contribution in [1.82, 2.24) is 0 Å². The van der Waals surface area contributed by atoms with Crippen molar-refractivity contribution in [3.8, 4) is 16.9 Å². The third kappa shape index (κ3) is 9.78. The number of carbonyl (C=O) groups excluding carboxylic acids is 1. The minimum Gasteiger partial charge on any atom is -0.550 e. The van der Waals surface area contributed by atoms with Crippen LogP contribution in [0.4, 0.5) is 4.39 Å². The van der Waals surface area contributed by atoms with E-state index in [-0.39, 0.29) is 18.2 Å². The molecule has 2 atom stereocenters. The van der Waals surface area contributed by atoms with Crippen molar-refractivity contribution < 1.29 is 38.7 Å². The maximum absolute atomic E-state index is 13.6. The lowest BCUT2D eigenvalue weighted by atomic mass is 9.89. The van der Waals surface area contributed by atoms with E-state index in [1.165, 1.54) is 18.2 Å². The molecule has 2 unspecified atom stereocenters. The lowest BCUT2D eigenvalue weighted by molar-refractivity contribution is -0.307. The molecule has 2 rings (SSSR count). The van der Waals surface area contributed by atoms with Gasteiger partial charge in [-0.05, 0) is 52.4 Å². The van der Waals surface area contributed by atoms with E-state index in [0.29, 0.717) is 32.2 Å². The summed E-state index contributed by atoms with van der Waals surface area (Å²) in [7, 11) is 1.61. The van der Waals surface area contributed by atoms with Gasteiger partial charge in [-0.2, -0.15) is 0 Å². The molecule has 8 heteroatoms. The number of methoxy groups -OCH3 is 1. The summed E-state index contributed by atoms with van der Waals surface area (Å²) in [6, 6.07) is 9.86. The zero-order valence-electron chi connectivity index (χ0n) is 20.4. The second-order valence-corrected chi connectivity index (χ2v) is 8.48. The Morgan fingerprint density at radius 1 is 1.09 bits per heavy atom. The Morgan fingerprint density at radius 2 is 1.77 bits per heavy atom. The molecule has 0 aromatic heterocycles. The Kier molecular flexibility index (Phi) is 11.9. The van der Waals surface area contributed by atoms with Crippen LogP contribution in [0, 0.1) is 5.82 Å². The highest BCUT2D eigenvalue weighted by molar-refractivity contribution is 5.79. The van der Waals surface area contributed by atoms with Gasteiger partial charge in [0.15, 0.2) is 0 Å². The molecule has 0 aliphatic heterocycles. The SMILES string of the molecule is COCCOCCOc1cc(-c2ccc(F)cc2)c(/C=C/C(O)CC(O)CC(=O)[O-])c(C(C)C)c1. The van der Waals surface area contributed by atoms with Crippen molar-refractivity contribution in [2.45, 2.75) is 44.8 Å². The summed E-state index contributed by atoms with van der Waals surface area (Å²) >= 11 is 0. The first-order valence-corrected chi connectivity index (χ1v) is 11.6. The summed E-state index contributed by atoms with van der Waals surface area (Å²) < 4.78 is 29.9. The van der Waals surface area contributed by atoms with Crippen molar-refractivity contribution in [3.63, 3.8) is 0 Å². The summed E-state index contributed by atoms with van der Waals surface area (Å²) in [5.41, 5.74) is 3.30. The average molecular weight is 490 g/mol. The van der Waals surface area contributed by atoms with Gasteiger partial charge in [0.05, 0.1) is 32.0 Å². The molecule has 35 heavy (non-hydrogen) atoms. The van der Waals surface area contributed by atoms with Gasteiger partial charge in [0.1, 0.15) is 18.2 Å². The second kappa shape index (κ2) is 14.6. The van der Waals surface area contributed by atoms with E-state index in [2.05, 4.69) is 0 Å². The first-order valence-electron chi connectivity index (χ1n) is 11.6. The van der Waals surface area contributed by atoms with Crippen LogP contribution in [0.25, 0.3) is 17.2 Å². The molecule has 2 aromatic carbocycles. The molecule has 0 amide bonds. The first-order chi connectivity index (χ1) is 16.7. The predicted octanol–water partition coefficient (Wildman–Crippen LogP) is 2.92. The number of aliphatic hydroxyl groups is 2. The molecule has 0 radical (unpaired) electrons. The normalized spacial score (nSPS) is 13.3. The molecule has 0 heterocycles. The van der Waals surface area contributed by atoms with Crippen LogP contribution < -0.4 is 9.84 Å². The van der Waals surface area contributed by atoms with Gasteiger partial charge in [0.2, 0.25) is 0 Å². The number of hydrogen-bond acceptors (Lipinski definition) is 7. The molecule has 0 fully saturated rings. The number of aliphatic hydroxyl groups excluding tert-OH is 2. The lowest BCUT2D eigenvalue weighted by Crippen LogP contribution is -2.29. The third-order valence-electron chi connectivity index (χ3n) is 5.29. The summed E-state index contributed by atoms with van der Waals surface area (Å²) in [5.74, 6) is -1.01. The van der Waals surface area contributed by atoms with Gasteiger partial charge >= 0.3 is 0 Å². The minimum atomic E-state index is -1.38. The summed E-state index contributed by atoms with van der Waals surface area (Å²) in [6.45, 7) is 5.77. The maximum Gasteiger partial charge on any atom is 0.123 e. The van der Waals surface area contributed by atoms with Crippen molar-refractivity contribution in [2.24, 2.45) is 0 Å². The molecular weight excluding hydrogens is 455 g/mol. The third-order valence-corrected chi connectivity index (χ3v) is 5.29. The fraction of sp³-hybridized carbons (Fsp3) is 0.444. The van der Waals surface area contributed by atoms with Gasteiger partial charge in [0.25, 0.3) is 0 Å². The fourth-order valence-electron chi connectivity index (χ4n) is 3.57. The molecule has 0 saturated carbocycles. The van der Waals surface area contributed by atoms with Crippen LogP contribution in [0.15, 0.2) is 42.5 Å². The van der Waals surface area contributed by atoms with Crippen LogP contribution in [0.5, 0.6) is 5.75 Å². The van der Waals surface area contributed by atoms with E-state index in [9.17, 15) is 24.5 Å². The number of carboxylic acid groups (broad SMARTS) is 1. The summed E-state index contributed by atoms with van der Waals surface area (Å²) in [6.07, 6.45) is 0.272. The van der Waals surface area contributed by atoms with Crippen LogP contribution >= 0.6 is 0 Å². The first kappa shape index (κ1) is 28.5. The second-order valence-electron chi connectivity index (χ2n) is 8.48. The molecule has 0 spiro atoms. The largest absolute Gasteiger partial charge is 0.550 e. The van der Waals surface area contributed by atoms with Crippen molar-refractivity contribution in [1.29, 1.82) is 0 Å². The zero-order chi connectivity index (χ0) is 25.8. The lowest BCUT2D eigenvalue weighted by Gasteiger charge is -2.19. The number of hydrogen-bond donors (Lipinski definition) is 2. The van der Waals surface area contributed by atoms with Gasteiger partial charge in [-0.15, -0.1) is 0 Å².